The van der Waals surface area contributed by atoms with Crippen LogP contribution in [0.1, 0.15) is 15.2 Å². The Bertz CT molecular complexity index is 1150. The van der Waals surface area contributed by atoms with E-state index in [2.05, 4.69) is 4.72 Å². The van der Waals surface area contributed by atoms with Gasteiger partial charge in [-0.15, -0.1) is 11.3 Å². The van der Waals surface area contributed by atoms with Gasteiger partial charge in [-0.1, -0.05) is 11.6 Å². The van der Waals surface area contributed by atoms with Crippen molar-refractivity contribution >= 4 is 44.6 Å². The molecule has 1 amide bonds. The maximum Gasteiger partial charge on any atom is 0.261 e. The number of nitrogens with zero attached hydrogens (tertiary/aromatic N) is 1. The highest BCUT2D eigenvalue weighted by atomic mass is 35.5. The summed E-state index contributed by atoms with van der Waals surface area (Å²) in [6.45, 7) is 0.390. The van der Waals surface area contributed by atoms with E-state index in [1.54, 1.807) is 13.1 Å². The molecule has 0 saturated heterocycles. The van der Waals surface area contributed by atoms with Gasteiger partial charge in [0.1, 0.15) is 0 Å². The Balaban J connectivity index is 1.70. The molecule has 5 nitrogen and oxygen atoms in total. The van der Waals surface area contributed by atoms with Crippen LogP contribution < -0.4 is 4.72 Å². The highest BCUT2D eigenvalue weighted by Crippen LogP contribution is 2.23. The summed E-state index contributed by atoms with van der Waals surface area (Å²) in [4.78, 5) is 14.6. The molecule has 1 aromatic heterocycles. The first-order chi connectivity index (χ1) is 13.7. The first-order valence-electron chi connectivity index (χ1n) is 8.23. The number of carbonyl (C=O) groups excluding carboxylic acids is 1. The fourth-order valence-electron chi connectivity index (χ4n) is 2.50. The maximum atomic E-state index is 13.3. The fourth-order valence-corrected chi connectivity index (χ4v) is 4.71. The second kappa shape index (κ2) is 8.48. The molecule has 3 aromatic rings. The van der Waals surface area contributed by atoms with Gasteiger partial charge in [0.2, 0.25) is 0 Å². The Labute approximate surface area is 175 Å². The van der Waals surface area contributed by atoms with Gasteiger partial charge in [-0.2, -0.15) is 0 Å². The van der Waals surface area contributed by atoms with E-state index in [-0.39, 0.29) is 11.6 Å². The van der Waals surface area contributed by atoms with Gasteiger partial charge in [0.25, 0.3) is 15.9 Å². The number of thiophene rings is 1. The molecule has 0 spiro atoms. The van der Waals surface area contributed by atoms with Crippen molar-refractivity contribution in [3.05, 3.63) is 81.0 Å². The van der Waals surface area contributed by atoms with E-state index in [9.17, 15) is 22.0 Å². The van der Waals surface area contributed by atoms with Gasteiger partial charge in [0, 0.05) is 23.2 Å². The minimum absolute atomic E-state index is 0.180. The Kier molecular flexibility index (Phi) is 6.21. The quantitative estimate of drug-likeness (QED) is 0.582. The van der Waals surface area contributed by atoms with Crippen LogP contribution in [0.2, 0.25) is 4.34 Å². The van der Waals surface area contributed by atoms with Crippen LogP contribution in [-0.4, -0.2) is 26.3 Å². The van der Waals surface area contributed by atoms with Crippen LogP contribution in [0.5, 0.6) is 0 Å². The third-order valence-electron chi connectivity index (χ3n) is 3.95. The highest BCUT2D eigenvalue weighted by Gasteiger charge is 2.18. The number of sulfonamides is 1. The molecule has 0 aliphatic rings. The maximum absolute atomic E-state index is 13.3. The lowest BCUT2D eigenvalue weighted by atomic mass is 10.2. The number of hydrogen-bond acceptors (Lipinski definition) is 4. The number of hydrogen-bond donors (Lipinski definition) is 1. The number of carbonyl (C=O) groups is 1. The number of halogens is 3. The average molecular weight is 457 g/mol. The lowest BCUT2D eigenvalue weighted by Gasteiger charge is -2.16. The molecule has 10 heteroatoms. The van der Waals surface area contributed by atoms with Crippen LogP contribution in [0.15, 0.2) is 59.5 Å². The molecule has 0 radical (unpaired) electrons. The molecule has 0 aliphatic carbocycles. The van der Waals surface area contributed by atoms with Crippen LogP contribution in [0, 0.1) is 11.6 Å². The third kappa shape index (κ3) is 5.11. The second-order valence-electron chi connectivity index (χ2n) is 6.13. The van der Waals surface area contributed by atoms with E-state index in [1.807, 2.05) is 6.07 Å². The van der Waals surface area contributed by atoms with Gasteiger partial charge in [0.05, 0.1) is 15.8 Å². The number of amides is 1. The van der Waals surface area contributed by atoms with Gasteiger partial charge in [-0.05, 0) is 54.6 Å². The molecule has 0 unspecified atom stereocenters. The Morgan fingerprint density at radius 2 is 1.76 bits per heavy atom. The molecule has 3 rings (SSSR count). The molecule has 152 valence electrons. The first kappa shape index (κ1) is 21.2. The third-order valence-corrected chi connectivity index (χ3v) is 6.55. The second-order valence-corrected chi connectivity index (χ2v) is 9.61. The summed E-state index contributed by atoms with van der Waals surface area (Å²) in [7, 11) is -2.46. The molecule has 2 aromatic carbocycles. The summed E-state index contributed by atoms with van der Waals surface area (Å²) >= 11 is 7.27. The van der Waals surface area contributed by atoms with Gasteiger partial charge < -0.3 is 4.90 Å². The Hall–Kier alpha value is -2.49. The van der Waals surface area contributed by atoms with Crippen molar-refractivity contribution in [1.82, 2.24) is 4.90 Å². The van der Waals surface area contributed by atoms with Gasteiger partial charge in [-0.3, -0.25) is 9.52 Å². The van der Waals surface area contributed by atoms with Crippen molar-refractivity contribution in [3.8, 4) is 0 Å². The zero-order chi connectivity index (χ0) is 21.2. The summed E-state index contributed by atoms with van der Waals surface area (Å²) in [5.74, 6) is -2.64. The van der Waals surface area contributed by atoms with E-state index >= 15 is 0 Å². The van der Waals surface area contributed by atoms with Gasteiger partial charge in [0.15, 0.2) is 11.6 Å². The van der Waals surface area contributed by atoms with Crippen LogP contribution in [0.3, 0.4) is 0 Å². The normalized spacial score (nSPS) is 11.3. The summed E-state index contributed by atoms with van der Waals surface area (Å²) in [6.07, 6.45) is 0. The zero-order valence-electron chi connectivity index (χ0n) is 15.0. The Morgan fingerprint density at radius 3 is 2.34 bits per heavy atom. The van der Waals surface area contributed by atoms with Crippen molar-refractivity contribution < 1.29 is 22.0 Å². The van der Waals surface area contributed by atoms with E-state index in [0.717, 1.165) is 17.0 Å². The molecule has 0 fully saturated rings. The minimum Gasteiger partial charge on any atom is -0.337 e. The monoisotopic (exact) mass is 456 g/mol. The predicted molar refractivity (Wildman–Crippen MR) is 109 cm³/mol. The van der Waals surface area contributed by atoms with Crippen molar-refractivity contribution in [2.24, 2.45) is 0 Å². The lowest BCUT2D eigenvalue weighted by Crippen LogP contribution is -2.25. The van der Waals surface area contributed by atoms with E-state index in [4.69, 9.17) is 11.6 Å². The molecular weight excluding hydrogens is 442 g/mol. The number of benzene rings is 2. The van der Waals surface area contributed by atoms with E-state index in [1.165, 1.54) is 40.5 Å². The smallest absolute Gasteiger partial charge is 0.261 e. The molecule has 1 heterocycles. The molecule has 1 N–H and O–H groups in total. The number of rotatable bonds is 6. The van der Waals surface area contributed by atoms with Crippen LogP contribution in [-0.2, 0) is 16.6 Å². The van der Waals surface area contributed by atoms with E-state index in [0.29, 0.717) is 22.5 Å². The summed E-state index contributed by atoms with van der Waals surface area (Å²) < 4.78 is 53.8. The van der Waals surface area contributed by atoms with E-state index < -0.39 is 26.6 Å². The standard InChI is InChI=1S/C19H15ClF2N2O3S2/c1-24(11-14-6-9-18(20)28-14)19(25)12-2-4-13(5-3-12)23-29(26,27)15-7-8-16(21)17(22)10-15/h2-10,23H,11H2,1H3. The van der Waals surface area contributed by atoms with Crippen LogP contribution in [0.4, 0.5) is 14.5 Å². The molecule has 0 aliphatic heterocycles. The first-order valence-corrected chi connectivity index (χ1v) is 10.9. The average Bonchev–Trinajstić information content (AvgIpc) is 3.08. The van der Waals surface area contributed by atoms with Crippen molar-refractivity contribution in [2.75, 3.05) is 11.8 Å². The van der Waals surface area contributed by atoms with Crippen molar-refractivity contribution in [2.45, 2.75) is 11.4 Å². The zero-order valence-corrected chi connectivity index (χ0v) is 17.4. The molecular formula is C19H15ClF2N2O3S2. The number of nitrogens with one attached hydrogen (secondary N) is 1. The highest BCUT2D eigenvalue weighted by molar-refractivity contribution is 7.92. The van der Waals surface area contributed by atoms with Crippen LogP contribution in [0.25, 0.3) is 0 Å². The van der Waals surface area contributed by atoms with Crippen molar-refractivity contribution in [1.29, 1.82) is 0 Å². The lowest BCUT2D eigenvalue weighted by molar-refractivity contribution is 0.0786. The largest absolute Gasteiger partial charge is 0.337 e. The molecule has 29 heavy (non-hydrogen) atoms. The molecule has 0 atom stereocenters. The molecule has 0 bridgehead atoms. The van der Waals surface area contributed by atoms with Crippen molar-refractivity contribution in [3.63, 3.8) is 0 Å². The summed E-state index contributed by atoms with van der Waals surface area (Å²) in [5, 5.41) is 0. The summed E-state index contributed by atoms with van der Waals surface area (Å²) in [6, 6.07) is 11.7. The topological polar surface area (TPSA) is 66.5 Å². The van der Waals surface area contributed by atoms with Crippen LogP contribution >= 0.6 is 22.9 Å². The molecule has 0 saturated carbocycles. The number of anilines is 1. The predicted octanol–water partition coefficient (Wildman–Crippen LogP) is 4.75. The van der Waals surface area contributed by atoms with Gasteiger partial charge >= 0.3 is 0 Å². The fraction of sp³-hybridized carbons (Fsp3) is 0.105. The summed E-state index contributed by atoms with van der Waals surface area (Å²) in [5.41, 5.74) is 0.546. The minimum atomic E-state index is -4.10. The Morgan fingerprint density at radius 1 is 1.07 bits per heavy atom. The SMILES string of the molecule is CN(Cc1ccc(Cl)s1)C(=O)c1ccc(NS(=O)(=O)c2ccc(F)c(F)c2)cc1. The van der Waals surface area contributed by atoms with Gasteiger partial charge in [-0.25, -0.2) is 17.2 Å².